The Labute approximate surface area is 119 Å². The quantitative estimate of drug-likeness (QED) is 0.782. The van der Waals surface area contributed by atoms with Gasteiger partial charge in [0, 0.05) is 12.6 Å². The number of hydrogen-bond acceptors (Lipinski definition) is 3. The molecule has 2 aromatic rings. The summed E-state index contributed by atoms with van der Waals surface area (Å²) in [6.45, 7) is 3.62. The molecule has 20 heavy (non-hydrogen) atoms. The minimum absolute atomic E-state index is 0.245. The number of benzene rings is 1. The van der Waals surface area contributed by atoms with Crippen LogP contribution in [0.3, 0.4) is 0 Å². The summed E-state index contributed by atoms with van der Waals surface area (Å²) in [4.78, 5) is 15.2. The SMILES string of the molecule is CC(=O)OCc1cc(CCc2ccccc2)cc(C)n1. The maximum absolute atomic E-state index is 10.8. The fraction of sp³-hybridized carbons (Fsp3) is 0.294. The molecule has 0 saturated heterocycles. The second kappa shape index (κ2) is 6.85. The van der Waals surface area contributed by atoms with E-state index in [1.54, 1.807) is 0 Å². The first-order chi connectivity index (χ1) is 9.63. The predicted octanol–water partition coefficient (Wildman–Crippen LogP) is 3.24. The highest BCUT2D eigenvalue weighted by Crippen LogP contribution is 2.11. The topological polar surface area (TPSA) is 39.2 Å². The van der Waals surface area contributed by atoms with Gasteiger partial charge in [-0.3, -0.25) is 9.78 Å². The summed E-state index contributed by atoms with van der Waals surface area (Å²) in [7, 11) is 0. The van der Waals surface area contributed by atoms with Crippen molar-refractivity contribution in [2.75, 3.05) is 0 Å². The molecule has 0 N–H and O–H groups in total. The third-order valence-electron chi connectivity index (χ3n) is 3.03. The first-order valence-electron chi connectivity index (χ1n) is 6.77. The number of carbonyl (C=O) groups excluding carboxylic acids is 1. The van der Waals surface area contributed by atoms with Crippen molar-refractivity contribution in [2.24, 2.45) is 0 Å². The van der Waals surface area contributed by atoms with Crippen molar-refractivity contribution < 1.29 is 9.53 Å². The number of esters is 1. The molecule has 2 rings (SSSR count). The van der Waals surface area contributed by atoms with Gasteiger partial charge in [0.2, 0.25) is 0 Å². The van der Waals surface area contributed by atoms with Crippen LogP contribution in [0.4, 0.5) is 0 Å². The Morgan fingerprint density at radius 3 is 2.50 bits per heavy atom. The Balaban J connectivity index is 2.02. The van der Waals surface area contributed by atoms with Gasteiger partial charge in [0.15, 0.2) is 0 Å². The van der Waals surface area contributed by atoms with Gasteiger partial charge in [-0.05, 0) is 43.0 Å². The summed E-state index contributed by atoms with van der Waals surface area (Å²) < 4.78 is 5.00. The Hall–Kier alpha value is -2.16. The minimum Gasteiger partial charge on any atom is -0.459 e. The number of ether oxygens (including phenoxy) is 1. The number of aryl methyl sites for hydroxylation is 3. The molecule has 1 heterocycles. The molecule has 0 aliphatic rings. The molecule has 1 aromatic heterocycles. The molecule has 0 aliphatic carbocycles. The monoisotopic (exact) mass is 269 g/mol. The van der Waals surface area contributed by atoms with Crippen LogP contribution in [0.15, 0.2) is 42.5 Å². The highest BCUT2D eigenvalue weighted by molar-refractivity contribution is 5.65. The average Bonchev–Trinajstić information content (AvgIpc) is 2.44. The maximum Gasteiger partial charge on any atom is 0.303 e. The lowest BCUT2D eigenvalue weighted by atomic mass is 10.0. The zero-order valence-corrected chi connectivity index (χ0v) is 11.9. The van der Waals surface area contributed by atoms with Crippen molar-refractivity contribution in [1.29, 1.82) is 0 Å². The Morgan fingerprint density at radius 2 is 1.80 bits per heavy atom. The lowest BCUT2D eigenvalue weighted by molar-refractivity contribution is -0.142. The van der Waals surface area contributed by atoms with Crippen molar-refractivity contribution in [3.63, 3.8) is 0 Å². The molecule has 0 spiro atoms. The summed E-state index contributed by atoms with van der Waals surface area (Å²) in [6, 6.07) is 14.5. The van der Waals surface area contributed by atoms with Gasteiger partial charge in [-0.2, -0.15) is 0 Å². The van der Waals surface area contributed by atoms with Gasteiger partial charge in [-0.25, -0.2) is 0 Å². The Morgan fingerprint density at radius 1 is 1.10 bits per heavy atom. The predicted molar refractivity (Wildman–Crippen MR) is 78.3 cm³/mol. The van der Waals surface area contributed by atoms with E-state index >= 15 is 0 Å². The molecule has 3 heteroatoms. The molecule has 104 valence electrons. The van der Waals surface area contributed by atoms with Gasteiger partial charge in [-0.1, -0.05) is 30.3 Å². The fourth-order valence-electron chi connectivity index (χ4n) is 2.14. The molecule has 0 saturated carbocycles. The van der Waals surface area contributed by atoms with Gasteiger partial charge in [-0.15, -0.1) is 0 Å². The molecule has 0 fully saturated rings. The molecule has 0 radical (unpaired) electrons. The van der Waals surface area contributed by atoms with Crippen LogP contribution in [0, 0.1) is 6.92 Å². The van der Waals surface area contributed by atoms with Crippen molar-refractivity contribution in [2.45, 2.75) is 33.3 Å². The van der Waals surface area contributed by atoms with E-state index in [2.05, 4.69) is 35.3 Å². The summed E-state index contributed by atoms with van der Waals surface area (Å²) >= 11 is 0. The third-order valence-corrected chi connectivity index (χ3v) is 3.03. The standard InChI is InChI=1S/C17H19NO2/c1-13-10-16(9-8-15-6-4-3-5-7-15)11-17(18-13)12-20-14(2)19/h3-7,10-11H,8-9,12H2,1-2H3. The second-order valence-electron chi connectivity index (χ2n) is 4.87. The normalized spacial score (nSPS) is 10.3. The molecular weight excluding hydrogens is 250 g/mol. The first kappa shape index (κ1) is 14.3. The van der Waals surface area contributed by atoms with Crippen molar-refractivity contribution >= 4 is 5.97 Å². The van der Waals surface area contributed by atoms with Crippen LogP contribution in [0.5, 0.6) is 0 Å². The smallest absolute Gasteiger partial charge is 0.303 e. The van der Waals surface area contributed by atoms with Crippen LogP contribution in [0.1, 0.15) is 29.4 Å². The molecule has 0 aliphatic heterocycles. The molecule has 1 aromatic carbocycles. The Bertz CT molecular complexity index is 579. The second-order valence-corrected chi connectivity index (χ2v) is 4.87. The van der Waals surface area contributed by atoms with Crippen LogP contribution in [-0.2, 0) is 29.0 Å². The highest BCUT2D eigenvalue weighted by atomic mass is 16.5. The van der Waals surface area contributed by atoms with Gasteiger partial charge in [0.05, 0.1) is 5.69 Å². The van der Waals surface area contributed by atoms with Gasteiger partial charge >= 0.3 is 5.97 Å². The maximum atomic E-state index is 10.8. The van der Waals surface area contributed by atoms with Crippen LogP contribution in [0.25, 0.3) is 0 Å². The molecule has 0 amide bonds. The number of pyridine rings is 1. The van der Waals surface area contributed by atoms with Crippen molar-refractivity contribution in [3.05, 3.63) is 65.0 Å². The number of aromatic nitrogens is 1. The highest BCUT2D eigenvalue weighted by Gasteiger charge is 2.03. The van der Waals surface area contributed by atoms with Crippen LogP contribution < -0.4 is 0 Å². The summed E-state index contributed by atoms with van der Waals surface area (Å²) in [5.74, 6) is -0.279. The summed E-state index contributed by atoms with van der Waals surface area (Å²) in [6.07, 6.45) is 1.96. The number of hydrogen-bond donors (Lipinski definition) is 0. The molecule has 0 bridgehead atoms. The van der Waals surface area contributed by atoms with E-state index in [4.69, 9.17) is 4.74 Å². The van der Waals surface area contributed by atoms with E-state index < -0.39 is 0 Å². The van der Waals surface area contributed by atoms with Crippen LogP contribution in [-0.4, -0.2) is 11.0 Å². The largest absolute Gasteiger partial charge is 0.459 e. The van der Waals surface area contributed by atoms with E-state index in [-0.39, 0.29) is 12.6 Å². The van der Waals surface area contributed by atoms with E-state index in [1.807, 2.05) is 19.1 Å². The zero-order valence-electron chi connectivity index (χ0n) is 11.9. The number of nitrogens with zero attached hydrogens (tertiary/aromatic N) is 1. The lowest BCUT2D eigenvalue weighted by Gasteiger charge is -2.07. The summed E-state index contributed by atoms with van der Waals surface area (Å²) in [5.41, 5.74) is 4.31. The van der Waals surface area contributed by atoms with Crippen molar-refractivity contribution in [3.8, 4) is 0 Å². The van der Waals surface area contributed by atoms with Crippen LogP contribution in [0.2, 0.25) is 0 Å². The number of carbonyl (C=O) groups is 1. The average molecular weight is 269 g/mol. The fourth-order valence-corrected chi connectivity index (χ4v) is 2.14. The van der Waals surface area contributed by atoms with Crippen LogP contribution >= 0.6 is 0 Å². The molecule has 0 unspecified atom stereocenters. The summed E-state index contributed by atoms with van der Waals surface area (Å²) in [5, 5.41) is 0. The van der Waals surface area contributed by atoms with Gasteiger partial charge in [0.25, 0.3) is 0 Å². The molecular formula is C17H19NO2. The third kappa shape index (κ3) is 4.50. The Kier molecular flexibility index (Phi) is 4.88. The van der Waals surface area contributed by atoms with Gasteiger partial charge in [0.1, 0.15) is 6.61 Å². The lowest BCUT2D eigenvalue weighted by Crippen LogP contribution is -2.03. The first-order valence-corrected chi connectivity index (χ1v) is 6.77. The molecule has 0 atom stereocenters. The minimum atomic E-state index is -0.279. The van der Waals surface area contributed by atoms with Gasteiger partial charge < -0.3 is 4.74 Å². The van der Waals surface area contributed by atoms with E-state index in [1.165, 1.54) is 18.1 Å². The zero-order chi connectivity index (χ0) is 14.4. The number of rotatable bonds is 5. The van der Waals surface area contributed by atoms with Crippen molar-refractivity contribution in [1.82, 2.24) is 4.98 Å². The van der Waals surface area contributed by atoms with E-state index in [0.717, 1.165) is 24.2 Å². The van der Waals surface area contributed by atoms with E-state index in [0.29, 0.717) is 0 Å². The van der Waals surface area contributed by atoms with E-state index in [9.17, 15) is 4.79 Å². The molecule has 3 nitrogen and oxygen atoms in total.